The number of carbonyl (C=O) groups is 1. The summed E-state index contributed by atoms with van der Waals surface area (Å²) in [7, 11) is 1.43. The Balaban J connectivity index is 1.41. The zero-order chi connectivity index (χ0) is 21.6. The second-order valence-electron chi connectivity index (χ2n) is 7.60. The molecule has 0 saturated carbocycles. The Morgan fingerprint density at radius 2 is 1.71 bits per heavy atom. The third-order valence-electron chi connectivity index (χ3n) is 5.66. The summed E-state index contributed by atoms with van der Waals surface area (Å²) >= 11 is 7.16. The molecule has 0 bridgehead atoms. The lowest BCUT2D eigenvalue weighted by Crippen LogP contribution is -2.30. The van der Waals surface area contributed by atoms with Crippen LogP contribution in [-0.4, -0.2) is 24.7 Å². The highest BCUT2D eigenvalue weighted by atomic mass is 32.1. The molecule has 160 valence electrons. The molecule has 0 atom stereocenters. The van der Waals surface area contributed by atoms with E-state index in [0.29, 0.717) is 10.7 Å². The normalized spacial score (nSPS) is 12.5. The molecule has 2 N–H and O–H groups in total. The van der Waals surface area contributed by atoms with Gasteiger partial charge in [-0.2, -0.15) is 0 Å². The van der Waals surface area contributed by atoms with Gasteiger partial charge in [-0.1, -0.05) is 60.7 Å². The van der Waals surface area contributed by atoms with Gasteiger partial charge in [-0.05, 0) is 54.6 Å². The molecule has 0 saturated heterocycles. The first-order valence-electron chi connectivity index (χ1n) is 10.5. The Hall–Kier alpha value is -2.70. The number of hydrogen-bond acceptors (Lipinski definition) is 4. The smallest absolute Gasteiger partial charge is 0.341 e. The molecule has 0 unspecified atom stereocenters. The molecule has 31 heavy (non-hydrogen) atoms. The highest BCUT2D eigenvalue weighted by Crippen LogP contribution is 2.39. The number of thiocarbonyl (C=S) groups is 1. The van der Waals surface area contributed by atoms with E-state index in [4.69, 9.17) is 17.0 Å². The van der Waals surface area contributed by atoms with Crippen LogP contribution in [0.3, 0.4) is 0 Å². The number of benzene rings is 2. The Bertz CT molecular complexity index is 1010. The number of rotatable bonds is 7. The fourth-order valence-corrected chi connectivity index (χ4v) is 5.73. The van der Waals surface area contributed by atoms with Crippen molar-refractivity contribution in [2.75, 3.05) is 19.0 Å². The van der Waals surface area contributed by atoms with Gasteiger partial charge in [0.05, 0.1) is 12.7 Å². The summed E-state index contributed by atoms with van der Waals surface area (Å²) in [5, 5.41) is 7.89. The molecule has 4 nitrogen and oxygen atoms in total. The summed E-state index contributed by atoms with van der Waals surface area (Å²) < 4.78 is 5.02. The minimum atomic E-state index is -0.294. The fraction of sp³-hybridized carbons (Fsp3) is 0.280. The molecule has 1 aliphatic carbocycles. The van der Waals surface area contributed by atoms with E-state index in [1.165, 1.54) is 23.1 Å². The number of nitrogens with one attached hydrogen (secondary N) is 2. The van der Waals surface area contributed by atoms with Crippen molar-refractivity contribution in [3.05, 3.63) is 87.8 Å². The van der Waals surface area contributed by atoms with Crippen molar-refractivity contribution in [1.82, 2.24) is 5.32 Å². The van der Waals surface area contributed by atoms with Crippen LogP contribution in [0.4, 0.5) is 5.00 Å². The Morgan fingerprint density at radius 3 is 2.32 bits per heavy atom. The van der Waals surface area contributed by atoms with E-state index in [-0.39, 0.29) is 11.9 Å². The quantitative estimate of drug-likeness (QED) is 0.366. The average molecular weight is 451 g/mol. The van der Waals surface area contributed by atoms with Crippen LogP contribution in [0.25, 0.3) is 0 Å². The highest BCUT2D eigenvalue weighted by molar-refractivity contribution is 7.80. The molecule has 3 aromatic rings. The summed E-state index contributed by atoms with van der Waals surface area (Å²) in [4.78, 5) is 13.6. The number of methoxy groups -OCH3 is 1. The van der Waals surface area contributed by atoms with Crippen LogP contribution in [-0.2, 0) is 17.6 Å². The molecule has 4 rings (SSSR count). The minimum absolute atomic E-state index is 0.286. The van der Waals surface area contributed by atoms with Crippen molar-refractivity contribution in [3.8, 4) is 0 Å². The average Bonchev–Trinajstić information content (AvgIpc) is 3.38. The van der Waals surface area contributed by atoms with Crippen molar-refractivity contribution in [2.45, 2.75) is 31.6 Å². The molecule has 0 fully saturated rings. The van der Waals surface area contributed by atoms with E-state index in [1.807, 2.05) is 12.1 Å². The number of ether oxygens (including phenoxy) is 1. The van der Waals surface area contributed by atoms with Crippen LogP contribution in [0.2, 0.25) is 0 Å². The summed E-state index contributed by atoms with van der Waals surface area (Å²) in [6, 6.07) is 21.1. The number of anilines is 1. The van der Waals surface area contributed by atoms with Gasteiger partial charge < -0.3 is 15.4 Å². The molecule has 0 amide bonds. The topological polar surface area (TPSA) is 50.4 Å². The first-order valence-corrected chi connectivity index (χ1v) is 11.8. The second kappa shape index (κ2) is 10.1. The number of aryl methyl sites for hydroxylation is 1. The molecule has 1 heterocycles. The third kappa shape index (κ3) is 4.97. The standard InChI is InChI=1S/C25H26N2O2S2/c1-29-24(28)22-20-13-8-14-21(20)31-23(22)27-25(30)26-16-15-19(17-9-4-2-5-10-17)18-11-6-3-7-12-18/h2-7,9-12,19H,8,13-16H2,1H3,(H2,26,27,30). The molecular formula is C25H26N2O2S2. The van der Waals surface area contributed by atoms with Gasteiger partial charge in [0.1, 0.15) is 5.00 Å². The van der Waals surface area contributed by atoms with Gasteiger partial charge in [-0.15, -0.1) is 11.3 Å². The molecular weight excluding hydrogens is 424 g/mol. The third-order valence-corrected chi connectivity index (χ3v) is 7.11. The predicted molar refractivity (Wildman–Crippen MR) is 131 cm³/mol. The maximum absolute atomic E-state index is 12.3. The van der Waals surface area contributed by atoms with E-state index in [2.05, 4.69) is 59.2 Å². The van der Waals surface area contributed by atoms with E-state index >= 15 is 0 Å². The number of fused-ring (bicyclic) bond motifs is 1. The largest absolute Gasteiger partial charge is 0.465 e. The van der Waals surface area contributed by atoms with Crippen molar-refractivity contribution < 1.29 is 9.53 Å². The van der Waals surface area contributed by atoms with Crippen molar-refractivity contribution in [3.63, 3.8) is 0 Å². The number of thiophene rings is 1. The molecule has 0 aliphatic heterocycles. The maximum atomic E-state index is 12.3. The highest BCUT2D eigenvalue weighted by Gasteiger charge is 2.27. The van der Waals surface area contributed by atoms with Crippen LogP contribution >= 0.6 is 23.6 Å². The van der Waals surface area contributed by atoms with Crippen molar-refractivity contribution in [1.29, 1.82) is 0 Å². The molecule has 0 radical (unpaired) electrons. The van der Waals surface area contributed by atoms with Crippen LogP contribution < -0.4 is 10.6 Å². The van der Waals surface area contributed by atoms with E-state index in [0.717, 1.165) is 42.8 Å². The van der Waals surface area contributed by atoms with E-state index < -0.39 is 0 Å². The van der Waals surface area contributed by atoms with Gasteiger partial charge in [-0.3, -0.25) is 0 Å². The summed E-state index contributed by atoms with van der Waals surface area (Å²) in [5.74, 6) is -0.00760. The van der Waals surface area contributed by atoms with E-state index in [9.17, 15) is 4.79 Å². The SMILES string of the molecule is COC(=O)c1c(NC(=S)NCCC(c2ccccc2)c2ccccc2)sc2c1CCC2. The lowest BCUT2D eigenvalue weighted by atomic mass is 9.88. The fourth-order valence-electron chi connectivity index (χ4n) is 4.18. The first kappa shape index (κ1) is 21.5. The van der Waals surface area contributed by atoms with Gasteiger partial charge in [0.15, 0.2) is 5.11 Å². The second-order valence-corrected chi connectivity index (χ2v) is 9.11. The van der Waals surface area contributed by atoms with Gasteiger partial charge in [-0.25, -0.2) is 4.79 Å². The molecule has 6 heteroatoms. The molecule has 2 aromatic carbocycles. The zero-order valence-corrected chi connectivity index (χ0v) is 19.2. The van der Waals surface area contributed by atoms with Crippen molar-refractivity contribution >= 4 is 39.6 Å². The Kier molecular flexibility index (Phi) is 6.99. The van der Waals surface area contributed by atoms with Gasteiger partial charge in [0.25, 0.3) is 0 Å². The van der Waals surface area contributed by atoms with Crippen LogP contribution in [0.1, 0.15) is 50.7 Å². The van der Waals surface area contributed by atoms with Gasteiger partial charge in [0, 0.05) is 17.3 Å². The number of carbonyl (C=O) groups excluding carboxylic acids is 1. The van der Waals surface area contributed by atoms with Crippen LogP contribution in [0, 0.1) is 0 Å². The summed E-state index contributed by atoms with van der Waals surface area (Å²) in [5.41, 5.74) is 4.35. The zero-order valence-electron chi connectivity index (χ0n) is 17.5. The summed E-state index contributed by atoms with van der Waals surface area (Å²) in [6.45, 7) is 0.721. The van der Waals surface area contributed by atoms with Gasteiger partial charge >= 0.3 is 5.97 Å². The number of esters is 1. The molecule has 1 aliphatic rings. The first-order chi connectivity index (χ1) is 15.2. The van der Waals surface area contributed by atoms with Crippen LogP contribution in [0.5, 0.6) is 0 Å². The lowest BCUT2D eigenvalue weighted by molar-refractivity contribution is 0.0601. The number of hydrogen-bond donors (Lipinski definition) is 2. The van der Waals surface area contributed by atoms with E-state index in [1.54, 1.807) is 11.3 Å². The Labute approximate surface area is 192 Å². The van der Waals surface area contributed by atoms with Crippen LogP contribution in [0.15, 0.2) is 60.7 Å². The minimum Gasteiger partial charge on any atom is -0.465 e. The lowest BCUT2D eigenvalue weighted by Gasteiger charge is -2.19. The summed E-state index contributed by atoms with van der Waals surface area (Å²) in [6.07, 6.45) is 3.94. The molecule has 1 aromatic heterocycles. The monoisotopic (exact) mass is 450 g/mol. The molecule has 0 spiro atoms. The predicted octanol–water partition coefficient (Wildman–Crippen LogP) is 5.53. The maximum Gasteiger partial charge on any atom is 0.341 e. The van der Waals surface area contributed by atoms with Crippen molar-refractivity contribution in [2.24, 2.45) is 0 Å². The Morgan fingerprint density at radius 1 is 1.06 bits per heavy atom. The van der Waals surface area contributed by atoms with Gasteiger partial charge in [0.2, 0.25) is 0 Å².